The van der Waals surface area contributed by atoms with Gasteiger partial charge in [-0.25, -0.2) is 0 Å². The molecule has 1 saturated heterocycles. The number of rotatable bonds is 3. The van der Waals surface area contributed by atoms with Gasteiger partial charge in [-0.2, -0.15) is 0 Å². The Morgan fingerprint density at radius 1 is 1.39 bits per heavy atom. The van der Waals surface area contributed by atoms with Gasteiger partial charge >= 0.3 is 0 Å². The number of amides is 1. The van der Waals surface area contributed by atoms with Crippen molar-refractivity contribution in [3.8, 4) is 0 Å². The molecule has 0 aliphatic carbocycles. The monoisotopic (exact) mass is 260 g/mol. The van der Waals surface area contributed by atoms with Crippen LogP contribution in [0.1, 0.15) is 33.6 Å². The molecule has 1 amide bonds. The third-order valence-electron chi connectivity index (χ3n) is 3.19. The number of nitrogens with zero attached hydrogens (tertiary/aromatic N) is 1. The van der Waals surface area contributed by atoms with Crippen LogP contribution >= 0.6 is 0 Å². The smallest absolute Gasteiger partial charge is 0.248 e. The molecule has 0 aromatic rings. The minimum Gasteiger partial charge on any atom is -0.367 e. The van der Waals surface area contributed by atoms with E-state index in [1.54, 1.807) is 4.90 Å². The molecule has 4 N–H and O–H groups in total. The topological polar surface area (TPSA) is 96.0 Å². The van der Waals surface area contributed by atoms with Gasteiger partial charge in [0.15, 0.2) is 6.29 Å². The molecule has 1 aliphatic heterocycles. The van der Waals surface area contributed by atoms with Crippen molar-refractivity contribution in [1.29, 1.82) is 0 Å². The summed E-state index contributed by atoms with van der Waals surface area (Å²) in [6.45, 7) is 6.58. The first-order chi connectivity index (χ1) is 8.14. The second kappa shape index (κ2) is 5.52. The summed E-state index contributed by atoms with van der Waals surface area (Å²) < 4.78 is 5.42. The van der Waals surface area contributed by atoms with Crippen molar-refractivity contribution < 1.29 is 19.7 Å². The molecule has 1 aliphatic rings. The van der Waals surface area contributed by atoms with Crippen molar-refractivity contribution in [1.82, 2.24) is 4.90 Å². The van der Waals surface area contributed by atoms with Crippen molar-refractivity contribution in [3.05, 3.63) is 0 Å². The summed E-state index contributed by atoms with van der Waals surface area (Å²) in [4.78, 5) is 13.5. The molecule has 0 saturated carbocycles. The Bertz CT molecular complexity index is 291. The summed E-state index contributed by atoms with van der Waals surface area (Å²) in [6, 6.07) is 0. The Hall–Kier alpha value is -0.690. The molecule has 0 spiro atoms. The Balaban J connectivity index is 2.41. The summed E-state index contributed by atoms with van der Waals surface area (Å²) in [5.41, 5.74) is 4.50. The quantitative estimate of drug-likeness (QED) is 0.591. The number of hydrogen-bond donors (Lipinski definition) is 3. The Kier molecular flexibility index (Phi) is 4.72. The Labute approximate surface area is 108 Å². The van der Waals surface area contributed by atoms with E-state index < -0.39 is 11.8 Å². The van der Waals surface area contributed by atoms with Crippen molar-refractivity contribution in [3.63, 3.8) is 0 Å². The van der Waals surface area contributed by atoms with E-state index in [4.69, 9.17) is 10.5 Å². The van der Waals surface area contributed by atoms with Crippen molar-refractivity contribution in [2.75, 3.05) is 19.7 Å². The predicted octanol–water partition coefficient (Wildman–Crippen LogP) is -0.568. The van der Waals surface area contributed by atoms with Crippen LogP contribution in [0.3, 0.4) is 0 Å². The van der Waals surface area contributed by atoms with Crippen LogP contribution in [0.25, 0.3) is 0 Å². The number of hydrogen-bond acceptors (Lipinski definition) is 5. The summed E-state index contributed by atoms with van der Waals surface area (Å²) in [5.74, 6) is -0.0839. The molecular formula is C12H24N2O4. The number of piperidine rings is 1. The molecule has 0 aromatic heterocycles. The van der Waals surface area contributed by atoms with Gasteiger partial charge in [-0.15, -0.1) is 0 Å². The number of likely N-dealkylation sites (tertiary alicyclic amines) is 1. The second-order valence-corrected chi connectivity index (χ2v) is 5.89. The molecule has 6 nitrogen and oxygen atoms in total. The number of carbonyl (C=O) groups excluding carboxylic acids is 1. The SMILES string of the molecule is CC(C)(C)OCC(=O)N1CCC(N)(C(O)O)CC1. The van der Waals surface area contributed by atoms with Gasteiger partial charge in [-0.3, -0.25) is 4.79 Å². The number of aliphatic hydroxyl groups excluding tert-OH is 1. The number of carbonyl (C=O) groups is 1. The van der Waals surface area contributed by atoms with E-state index in [1.165, 1.54) is 0 Å². The number of ether oxygens (including phenoxy) is 1. The van der Waals surface area contributed by atoms with Crippen molar-refractivity contribution in [2.45, 2.75) is 51.0 Å². The first-order valence-electron chi connectivity index (χ1n) is 6.21. The molecule has 1 fully saturated rings. The van der Waals surface area contributed by atoms with Gasteiger partial charge in [-0.1, -0.05) is 0 Å². The first kappa shape index (κ1) is 15.4. The highest BCUT2D eigenvalue weighted by atomic mass is 16.5. The average molecular weight is 260 g/mol. The second-order valence-electron chi connectivity index (χ2n) is 5.89. The Morgan fingerprint density at radius 3 is 2.28 bits per heavy atom. The molecule has 0 atom stereocenters. The van der Waals surface area contributed by atoms with E-state index in [1.807, 2.05) is 20.8 Å². The third kappa shape index (κ3) is 4.20. The predicted molar refractivity (Wildman–Crippen MR) is 66.7 cm³/mol. The van der Waals surface area contributed by atoms with E-state index >= 15 is 0 Å². The lowest BCUT2D eigenvalue weighted by Crippen LogP contribution is -2.58. The van der Waals surface area contributed by atoms with Crippen molar-refractivity contribution in [2.24, 2.45) is 5.73 Å². The van der Waals surface area contributed by atoms with Crippen LogP contribution in [-0.2, 0) is 9.53 Å². The summed E-state index contributed by atoms with van der Waals surface area (Å²) in [5, 5.41) is 18.3. The standard InChI is InChI=1S/C12H24N2O4/c1-11(2,3)18-8-9(15)14-6-4-12(13,5-7-14)10(16)17/h10,16-17H,4-8,13H2,1-3H3. The van der Waals surface area contributed by atoms with Crippen LogP contribution < -0.4 is 5.73 Å². The first-order valence-corrected chi connectivity index (χ1v) is 6.21. The Morgan fingerprint density at radius 2 is 1.89 bits per heavy atom. The van der Waals surface area contributed by atoms with E-state index in [2.05, 4.69) is 0 Å². The van der Waals surface area contributed by atoms with Gasteiger partial charge < -0.3 is 25.6 Å². The fraction of sp³-hybridized carbons (Fsp3) is 0.917. The van der Waals surface area contributed by atoms with Gasteiger partial charge in [0.1, 0.15) is 6.61 Å². The summed E-state index contributed by atoms with van der Waals surface area (Å²) >= 11 is 0. The van der Waals surface area contributed by atoms with Gasteiger partial charge in [-0.05, 0) is 33.6 Å². The van der Waals surface area contributed by atoms with E-state index in [-0.39, 0.29) is 18.1 Å². The summed E-state index contributed by atoms with van der Waals surface area (Å²) in [7, 11) is 0. The average Bonchev–Trinajstić information content (AvgIpc) is 2.26. The van der Waals surface area contributed by atoms with E-state index in [0.717, 1.165) is 0 Å². The molecule has 0 aromatic carbocycles. The maximum absolute atomic E-state index is 11.9. The highest BCUT2D eigenvalue weighted by Gasteiger charge is 2.37. The van der Waals surface area contributed by atoms with Crippen LogP contribution in [-0.4, -0.2) is 58.1 Å². The minimum atomic E-state index is -1.54. The molecule has 0 bridgehead atoms. The summed E-state index contributed by atoms with van der Waals surface area (Å²) in [6.07, 6.45) is -0.779. The number of nitrogens with two attached hydrogens (primary N) is 1. The lowest BCUT2D eigenvalue weighted by Gasteiger charge is -2.40. The molecule has 0 radical (unpaired) electrons. The molecular weight excluding hydrogens is 236 g/mol. The van der Waals surface area contributed by atoms with Gasteiger partial charge in [0.05, 0.1) is 11.1 Å². The molecule has 1 rings (SSSR count). The van der Waals surface area contributed by atoms with E-state index in [0.29, 0.717) is 25.9 Å². The minimum absolute atomic E-state index is 0.0444. The zero-order valence-corrected chi connectivity index (χ0v) is 11.3. The van der Waals surface area contributed by atoms with Crippen LogP contribution in [0.15, 0.2) is 0 Å². The highest BCUT2D eigenvalue weighted by molar-refractivity contribution is 5.77. The molecule has 18 heavy (non-hydrogen) atoms. The maximum Gasteiger partial charge on any atom is 0.248 e. The molecule has 106 valence electrons. The largest absolute Gasteiger partial charge is 0.367 e. The van der Waals surface area contributed by atoms with Crippen LogP contribution in [0.4, 0.5) is 0 Å². The van der Waals surface area contributed by atoms with Crippen molar-refractivity contribution >= 4 is 5.91 Å². The zero-order valence-electron chi connectivity index (χ0n) is 11.3. The number of aliphatic hydroxyl groups is 2. The van der Waals surface area contributed by atoms with Gasteiger partial charge in [0.25, 0.3) is 0 Å². The zero-order chi connectivity index (χ0) is 14.0. The molecule has 0 unspecified atom stereocenters. The third-order valence-corrected chi connectivity index (χ3v) is 3.19. The van der Waals surface area contributed by atoms with Gasteiger partial charge in [0, 0.05) is 13.1 Å². The maximum atomic E-state index is 11.9. The van der Waals surface area contributed by atoms with Crippen LogP contribution in [0, 0.1) is 0 Å². The van der Waals surface area contributed by atoms with Crippen LogP contribution in [0.5, 0.6) is 0 Å². The normalized spacial score (nSPS) is 20.3. The lowest BCUT2D eigenvalue weighted by atomic mass is 9.88. The molecule has 1 heterocycles. The fourth-order valence-corrected chi connectivity index (χ4v) is 1.80. The highest BCUT2D eigenvalue weighted by Crippen LogP contribution is 2.22. The fourth-order valence-electron chi connectivity index (χ4n) is 1.80. The van der Waals surface area contributed by atoms with E-state index in [9.17, 15) is 15.0 Å². The van der Waals surface area contributed by atoms with Gasteiger partial charge in [0.2, 0.25) is 5.91 Å². The van der Waals surface area contributed by atoms with Crippen LogP contribution in [0.2, 0.25) is 0 Å². The lowest BCUT2D eigenvalue weighted by molar-refractivity contribution is -0.147. The molecule has 6 heteroatoms.